The van der Waals surface area contributed by atoms with Crippen molar-refractivity contribution in [2.75, 3.05) is 23.7 Å². The van der Waals surface area contributed by atoms with E-state index < -0.39 is 0 Å². The van der Waals surface area contributed by atoms with Crippen LogP contribution in [0.4, 0.5) is 11.4 Å². The maximum atomic E-state index is 6.16. The Balaban J connectivity index is 2.83. The molecule has 1 aromatic carbocycles. The van der Waals surface area contributed by atoms with Gasteiger partial charge in [0.05, 0.1) is 11.4 Å². The fourth-order valence-corrected chi connectivity index (χ4v) is 2.11. The van der Waals surface area contributed by atoms with Gasteiger partial charge in [-0.05, 0) is 49.3 Å². The molecule has 0 aliphatic carbocycles. The largest absolute Gasteiger partial charge is 0.397 e. The average Bonchev–Trinajstić information content (AvgIpc) is 2.32. The van der Waals surface area contributed by atoms with Crippen LogP contribution in [0.3, 0.4) is 0 Å². The van der Waals surface area contributed by atoms with Gasteiger partial charge in [-0.3, -0.25) is 0 Å². The van der Waals surface area contributed by atoms with Gasteiger partial charge in [-0.15, -0.1) is 0 Å². The van der Waals surface area contributed by atoms with Gasteiger partial charge in [0.25, 0.3) is 0 Å². The zero-order valence-corrected chi connectivity index (χ0v) is 13.2. The third-order valence-electron chi connectivity index (χ3n) is 3.48. The van der Waals surface area contributed by atoms with Gasteiger partial charge in [0, 0.05) is 13.1 Å². The van der Waals surface area contributed by atoms with Gasteiger partial charge in [0.2, 0.25) is 0 Å². The summed E-state index contributed by atoms with van der Waals surface area (Å²) in [6, 6.07) is 6.33. The van der Waals surface area contributed by atoms with E-state index in [2.05, 4.69) is 51.7 Å². The SMILES string of the molecule is Cc1ccc(N)c(N(CCC(C)C)CCC(C)C)c1. The molecule has 0 heterocycles. The predicted molar refractivity (Wildman–Crippen MR) is 86.7 cm³/mol. The lowest BCUT2D eigenvalue weighted by Crippen LogP contribution is -2.28. The molecule has 0 bridgehead atoms. The van der Waals surface area contributed by atoms with Crippen molar-refractivity contribution in [3.8, 4) is 0 Å². The highest BCUT2D eigenvalue weighted by molar-refractivity contribution is 5.68. The van der Waals surface area contributed by atoms with Crippen LogP contribution in [0.2, 0.25) is 0 Å². The van der Waals surface area contributed by atoms with Crippen LogP contribution < -0.4 is 10.6 Å². The van der Waals surface area contributed by atoms with Crippen LogP contribution in [0.5, 0.6) is 0 Å². The quantitative estimate of drug-likeness (QED) is 0.734. The Morgan fingerprint density at radius 3 is 2.00 bits per heavy atom. The first kappa shape index (κ1) is 15.9. The van der Waals surface area contributed by atoms with E-state index in [1.165, 1.54) is 24.1 Å². The minimum absolute atomic E-state index is 0.729. The zero-order valence-electron chi connectivity index (χ0n) is 13.2. The number of nitrogens with two attached hydrogens (primary N) is 1. The summed E-state index contributed by atoms with van der Waals surface area (Å²) < 4.78 is 0. The molecule has 2 heteroatoms. The second-order valence-corrected chi connectivity index (χ2v) is 6.41. The van der Waals surface area contributed by atoms with E-state index in [9.17, 15) is 0 Å². The minimum Gasteiger partial charge on any atom is -0.397 e. The maximum Gasteiger partial charge on any atom is 0.0602 e. The van der Waals surface area contributed by atoms with Crippen molar-refractivity contribution in [1.82, 2.24) is 0 Å². The Morgan fingerprint density at radius 1 is 1.00 bits per heavy atom. The molecule has 0 spiro atoms. The summed E-state index contributed by atoms with van der Waals surface area (Å²) >= 11 is 0. The highest BCUT2D eigenvalue weighted by Gasteiger charge is 2.11. The Bertz CT molecular complexity index is 371. The molecular weight excluding hydrogens is 232 g/mol. The molecule has 2 N–H and O–H groups in total. The Morgan fingerprint density at radius 2 is 1.53 bits per heavy atom. The molecule has 19 heavy (non-hydrogen) atoms. The number of hydrogen-bond acceptors (Lipinski definition) is 2. The first-order valence-electron chi connectivity index (χ1n) is 7.51. The standard InChI is InChI=1S/C17H30N2/c1-13(2)8-10-19(11-9-14(3)4)17-12-15(5)6-7-16(17)18/h6-7,12-14H,8-11,18H2,1-5H3. The monoisotopic (exact) mass is 262 g/mol. The zero-order chi connectivity index (χ0) is 14.4. The number of aryl methyl sites for hydroxylation is 1. The molecule has 0 saturated heterocycles. The van der Waals surface area contributed by atoms with Crippen LogP contribution in [-0.2, 0) is 0 Å². The van der Waals surface area contributed by atoms with E-state index in [4.69, 9.17) is 5.73 Å². The van der Waals surface area contributed by atoms with Crippen molar-refractivity contribution in [2.24, 2.45) is 11.8 Å². The summed E-state index contributed by atoms with van der Waals surface area (Å²) in [5, 5.41) is 0. The molecule has 0 aromatic heterocycles. The molecule has 0 aliphatic heterocycles. The average molecular weight is 262 g/mol. The number of nitrogens with zero attached hydrogens (tertiary/aromatic N) is 1. The first-order chi connectivity index (χ1) is 8.90. The van der Waals surface area contributed by atoms with Crippen LogP contribution in [0, 0.1) is 18.8 Å². The van der Waals surface area contributed by atoms with E-state index in [-0.39, 0.29) is 0 Å². The van der Waals surface area contributed by atoms with Crippen molar-refractivity contribution >= 4 is 11.4 Å². The number of hydrogen-bond donors (Lipinski definition) is 1. The van der Waals surface area contributed by atoms with Crippen LogP contribution in [-0.4, -0.2) is 13.1 Å². The molecule has 1 aromatic rings. The molecule has 0 unspecified atom stereocenters. The Hall–Kier alpha value is -1.18. The lowest BCUT2D eigenvalue weighted by Gasteiger charge is -2.28. The molecule has 0 aliphatic rings. The van der Waals surface area contributed by atoms with E-state index >= 15 is 0 Å². The van der Waals surface area contributed by atoms with Gasteiger partial charge in [-0.25, -0.2) is 0 Å². The summed E-state index contributed by atoms with van der Waals surface area (Å²) in [7, 11) is 0. The van der Waals surface area contributed by atoms with E-state index in [0.29, 0.717) is 0 Å². The van der Waals surface area contributed by atoms with Crippen LogP contribution in [0.15, 0.2) is 18.2 Å². The normalized spacial score (nSPS) is 11.3. The summed E-state index contributed by atoms with van der Waals surface area (Å²) in [5.74, 6) is 1.46. The second-order valence-electron chi connectivity index (χ2n) is 6.41. The van der Waals surface area contributed by atoms with Crippen molar-refractivity contribution in [3.05, 3.63) is 23.8 Å². The van der Waals surface area contributed by atoms with Crippen molar-refractivity contribution in [2.45, 2.75) is 47.5 Å². The predicted octanol–water partition coefficient (Wildman–Crippen LogP) is 4.48. The molecular formula is C17H30N2. The van der Waals surface area contributed by atoms with Crippen LogP contribution in [0.25, 0.3) is 0 Å². The number of anilines is 2. The van der Waals surface area contributed by atoms with Gasteiger partial charge < -0.3 is 10.6 Å². The van der Waals surface area contributed by atoms with Crippen LogP contribution >= 0.6 is 0 Å². The molecule has 2 nitrogen and oxygen atoms in total. The molecule has 1 rings (SSSR count). The minimum atomic E-state index is 0.729. The fraction of sp³-hybridized carbons (Fsp3) is 0.647. The summed E-state index contributed by atoms with van der Waals surface area (Å²) in [6.07, 6.45) is 2.43. The van der Waals surface area contributed by atoms with Gasteiger partial charge in [0.15, 0.2) is 0 Å². The highest BCUT2D eigenvalue weighted by atomic mass is 15.1. The third-order valence-corrected chi connectivity index (χ3v) is 3.48. The fourth-order valence-electron chi connectivity index (χ4n) is 2.11. The highest BCUT2D eigenvalue weighted by Crippen LogP contribution is 2.26. The maximum absolute atomic E-state index is 6.16. The van der Waals surface area contributed by atoms with Crippen molar-refractivity contribution in [1.29, 1.82) is 0 Å². The summed E-state index contributed by atoms with van der Waals surface area (Å²) in [4.78, 5) is 2.46. The molecule has 0 atom stereocenters. The first-order valence-corrected chi connectivity index (χ1v) is 7.51. The van der Waals surface area contributed by atoms with Gasteiger partial charge in [-0.2, -0.15) is 0 Å². The summed E-state index contributed by atoms with van der Waals surface area (Å²) in [6.45, 7) is 13.4. The van der Waals surface area contributed by atoms with Gasteiger partial charge in [-0.1, -0.05) is 33.8 Å². The molecule has 0 saturated carbocycles. The Kier molecular flexibility index (Phi) is 6.20. The van der Waals surface area contributed by atoms with Crippen molar-refractivity contribution < 1.29 is 0 Å². The van der Waals surface area contributed by atoms with Gasteiger partial charge >= 0.3 is 0 Å². The van der Waals surface area contributed by atoms with Gasteiger partial charge in [0.1, 0.15) is 0 Å². The third kappa shape index (κ3) is 5.54. The van der Waals surface area contributed by atoms with Crippen LogP contribution in [0.1, 0.15) is 46.1 Å². The van der Waals surface area contributed by atoms with E-state index in [0.717, 1.165) is 30.6 Å². The number of benzene rings is 1. The lowest BCUT2D eigenvalue weighted by atomic mass is 10.1. The molecule has 0 fully saturated rings. The lowest BCUT2D eigenvalue weighted by molar-refractivity contribution is 0.535. The Labute approximate surface area is 119 Å². The van der Waals surface area contributed by atoms with Crippen molar-refractivity contribution in [3.63, 3.8) is 0 Å². The summed E-state index contributed by atoms with van der Waals surface area (Å²) in [5.41, 5.74) is 9.55. The number of nitrogen functional groups attached to an aromatic ring is 1. The number of rotatable bonds is 7. The molecule has 108 valence electrons. The molecule has 0 radical (unpaired) electrons. The van der Waals surface area contributed by atoms with E-state index in [1.54, 1.807) is 0 Å². The smallest absolute Gasteiger partial charge is 0.0602 e. The van der Waals surface area contributed by atoms with E-state index in [1.807, 2.05) is 6.07 Å². The second kappa shape index (κ2) is 7.42. The molecule has 0 amide bonds. The topological polar surface area (TPSA) is 29.3 Å².